The number of para-hydroxylation sites is 1. The van der Waals surface area contributed by atoms with E-state index in [1.807, 2.05) is 36.4 Å². The third kappa shape index (κ3) is 3.01. The van der Waals surface area contributed by atoms with Gasteiger partial charge in [0.25, 0.3) is 0 Å². The molecule has 94 valence electrons. The summed E-state index contributed by atoms with van der Waals surface area (Å²) < 4.78 is 5.79. The molecule has 1 atom stereocenters. The number of hydrogen-bond donors (Lipinski definition) is 2. The van der Waals surface area contributed by atoms with E-state index in [1.165, 1.54) is 0 Å². The van der Waals surface area contributed by atoms with Crippen molar-refractivity contribution in [3.8, 4) is 11.5 Å². The van der Waals surface area contributed by atoms with Crippen LogP contribution in [0.1, 0.15) is 11.6 Å². The van der Waals surface area contributed by atoms with E-state index in [9.17, 15) is 0 Å². The number of hydrogen-bond acceptors (Lipinski definition) is 3. The molecule has 0 aliphatic carbocycles. The molecule has 1 unspecified atom stereocenters. The van der Waals surface area contributed by atoms with Crippen LogP contribution in [0.25, 0.3) is 0 Å². The lowest BCUT2D eigenvalue weighted by molar-refractivity contribution is 0.470. The highest BCUT2D eigenvalue weighted by atomic mass is 35.5. The van der Waals surface area contributed by atoms with Gasteiger partial charge < -0.3 is 16.2 Å². The Morgan fingerprint density at radius 1 is 1.06 bits per heavy atom. The van der Waals surface area contributed by atoms with Gasteiger partial charge in [-0.3, -0.25) is 0 Å². The Labute approximate surface area is 111 Å². The van der Waals surface area contributed by atoms with Crippen LogP contribution >= 0.6 is 11.6 Å². The van der Waals surface area contributed by atoms with Crippen LogP contribution in [0.15, 0.2) is 48.5 Å². The van der Waals surface area contributed by atoms with Crippen molar-refractivity contribution in [2.24, 2.45) is 11.5 Å². The van der Waals surface area contributed by atoms with Crippen LogP contribution in [-0.4, -0.2) is 6.54 Å². The fourth-order valence-electron chi connectivity index (χ4n) is 1.64. The van der Waals surface area contributed by atoms with Crippen LogP contribution < -0.4 is 16.2 Å². The first kappa shape index (κ1) is 12.9. The first-order valence-electron chi connectivity index (χ1n) is 5.68. The summed E-state index contributed by atoms with van der Waals surface area (Å²) in [5, 5.41) is 0.675. The summed E-state index contributed by atoms with van der Waals surface area (Å²) in [4.78, 5) is 0. The second kappa shape index (κ2) is 5.87. The van der Waals surface area contributed by atoms with Gasteiger partial charge >= 0.3 is 0 Å². The van der Waals surface area contributed by atoms with Crippen molar-refractivity contribution < 1.29 is 4.74 Å². The van der Waals surface area contributed by atoms with Gasteiger partial charge in [-0.1, -0.05) is 29.8 Å². The number of rotatable bonds is 4. The fourth-order valence-corrected chi connectivity index (χ4v) is 1.76. The molecule has 0 amide bonds. The minimum atomic E-state index is -0.228. The van der Waals surface area contributed by atoms with Gasteiger partial charge in [0.1, 0.15) is 11.5 Å². The van der Waals surface area contributed by atoms with Gasteiger partial charge in [-0.15, -0.1) is 0 Å². The third-order valence-electron chi connectivity index (χ3n) is 2.61. The summed E-state index contributed by atoms with van der Waals surface area (Å²) in [7, 11) is 0. The van der Waals surface area contributed by atoms with Crippen LogP contribution in [0.3, 0.4) is 0 Å². The summed E-state index contributed by atoms with van der Waals surface area (Å²) in [5.41, 5.74) is 12.4. The minimum Gasteiger partial charge on any atom is -0.457 e. The lowest BCUT2D eigenvalue weighted by Crippen LogP contribution is -2.21. The molecule has 0 fully saturated rings. The predicted octanol–water partition coefficient (Wildman–Crippen LogP) is 3.09. The lowest BCUT2D eigenvalue weighted by Gasteiger charge is -2.15. The van der Waals surface area contributed by atoms with E-state index >= 15 is 0 Å². The van der Waals surface area contributed by atoms with E-state index in [0.29, 0.717) is 11.6 Å². The molecular formula is C14H15ClN2O. The summed E-state index contributed by atoms with van der Waals surface area (Å²) in [6.07, 6.45) is 0. The quantitative estimate of drug-likeness (QED) is 0.890. The van der Waals surface area contributed by atoms with E-state index in [1.54, 1.807) is 12.1 Å². The Kier molecular flexibility index (Phi) is 4.20. The van der Waals surface area contributed by atoms with Crippen molar-refractivity contribution in [3.63, 3.8) is 0 Å². The summed E-state index contributed by atoms with van der Waals surface area (Å²) in [6.45, 7) is 0.376. The Morgan fingerprint density at radius 2 is 1.72 bits per heavy atom. The topological polar surface area (TPSA) is 61.3 Å². The maximum atomic E-state index is 5.95. The normalized spacial score (nSPS) is 12.2. The molecule has 0 aliphatic heterocycles. The number of nitrogens with two attached hydrogens (primary N) is 2. The van der Waals surface area contributed by atoms with Gasteiger partial charge in [0.2, 0.25) is 0 Å². The second-order valence-electron chi connectivity index (χ2n) is 3.94. The number of halogens is 1. The molecule has 4 heteroatoms. The summed E-state index contributed by atoms with van der Waals surface area (Å²) >= 11 is 5.83. The van der Waals surface area contributed by atoms with Crippen LogP contribution in [0.4, 0.5) is 0 Å². The van der Waals surface area contributed by atoms with Gasteiger partial charge in [0.15, 0.2) is 0 Å². The SMILES string of the molecule is NCC(N)c1ccccc1Oc1ccc(Cl)cc1. The van der Waals surface area contributed by atoms with Gasteiger partial charge in [-0.25, -0.2) is 0 Å². The van der Waals surface area contributed by atoms with Gasteiger partial charge in [-0.05, 0) is 30.3 Å². The Morgan fingerprint density at radius 3 is 2.39 bits per heavy atom. The Hall–Kier alpha value is -1.55. The first-order valence-corrected chi connectivity index (χ1v) is 6.06. The second-order valence-corrected chi connectivity index (χ2v) is 4.37. The molecule has 4 N–H and O–H groups in total. The standard InChI is InChI=1S/C14H15ClN2O/c15-10-5-7-11(8-6-10)18-14-4-2-1-3-12(14)13(17)9-16/h1-8,13H,9,16-17H2. The van der Waals surface area contributed by atoms with Gasteiger partial charge in [0.05, 0.1) is 0 Å². The van der Waals surface area contributed by atoms with E-state index in [-0.39, 0.29) is 6.04 Å². The Bertz CT molecular complexity index is 513. The molecule has 0 aromatic heterocycles. The van der Waals surface area contributed by atoms with Gasteiger partial charge in [0, 0.05) is 23.2 Å². The molecule has 0 saturated heterocycles. The monoisotopic (exact) mass is 262 g/mol. The van der Waals surface area contributed by atoms with Crippen molar-refractivity contribution in [2.45, 2.75) is 6.04 Å². The molecular weight excluding hydrogens is 248 g/mol. The minimum absolute atomic E-state index is 0.228. The third-order valence-corrected chi connectivity index (χ3v) is 2.87. The first-order chi connectivity index (χ1) is 8.70. The van der Waals surface area contributed by atoms with E-state index in [4.69, 9.17) is 27.8 Å². The number of ether oxygens (including phenoxy) is 1. The highest BCUT2D eigenvalue weighted by Gasteiger charge is 2.10. The molecule has 2 aromatic rings. The number of benzene rings is 2. The summed E-state index contributed by atoms with van der Waals surface area (Å²) in [5.74, 6) is 1.44. The average Bonchev–Trinajstić information content (AvgIpc) is 2.41. The lowest BCUT2D eigenvalue weighted by atomic mass is 10.1. The molecule has 18 heavy (non-hydrogen) atoms. The smallest absolute Gasteiger partial charge is 0.132 e. The van der Waals surface area contributed by atoms with Crippen molar-refractivity contribution in [1.82, 2.24) is 0 Å². The largest absolute Gasteiger partial charge is 0.457 e. The summed E-state index contributed by atoms with van der Waals surface area (Å²) in [6, 6.07) is 14.6. The van der Waals surface area contributed by atoms with E-state index in [2.05, 4.69) is 0 Å². The molecule has 3 nitrogen and oxygen atoms in total. The van der Waals surface area contributed by atoms with Crippen molar-refractivity contribution >= 4 is 11.6 Å². The van der Waals surface area contributed by atoms with Crippen molar-refractivity contribution in [3.05, 3.63) is 59.1 Å². The van der Waals surface area contributed by atoms with Crippen LogP contribution in [0.2, 0.25) is 5.02 Å². The maximum Gasteiger partial charge on any atom is 0.132 e. The zero-order chi connectivity index (χ0) is 13.0. The van der Waals surface area contributed by atoms with Gasteiger partial charge in [-0.2, -0.15) is 0 Å². The highest BCUT2D eigenvalue weighted by molar-refractivity contribution is 6.30. The van der Waals surface area contributed by atoms with Crippen LogP contribution in [-0.2, 0) is 0 Å². The molecule has 0 saturated carbocycles. The predicted molar refractivity (Wildman–Crippen MR) is 74.0 cm³/mol. The Balaban J connectivity index is 2.26. The van der Waals surface area contributed by atoms with Crippen molar-refractivity contribution in [2.75, 3.05) is 6.54 Å². The fraction of sp³-hybridized carbons (Fsp3) is 0.143. The highest BCUT2D eigenvalue weighted by Crippen LogP contribution is 2.28. The molecule has 0 aliphatic rings. The molecule has 2 aromatic carbocycles. The van der Waals surface area contributed by atoms with Crippen LogP contribution in [0.5, 0.6) is 11.5 Å². The molecule has 2 rings (SSSR count). The maximum absolute atomic E-state index is 5.95. The molecule has 0 heterocycles. The molecule has 0 spiro atoms. The van der Waals surface area contributed by atoms with Crippen LogP contribution in [0, 0.1) is 0 Å². The van der Waals surface area contributed by atoms with E-state index in [0.717, 1.165) is 17.1 Å². The van der Waals surface area contributed by atoms with Crippen molar-refractivity contribution in [1.29, 1.82) is 0 Å². The zero-order valence-corrected chi connectivity index (χ0v) is 10.6. The average molecular weight is 263 g/mol. The van der Waals surface area contributed by atoms with E-state index < -0.39 is 0 Å². The molecule has 0 radical (unpaired) electrons. The zero-order valence-electron chi connectivity index (χ0n) is 9.84. The molecule has 0 bridgehead atoms.